The Morgan fingerprint density at radius 2 is 1.82 bits per heavy atom. The van der Waals surface area contributed by atoms with Gasteiger partial charge in [0.1, 0.15) is 0 Å². The van der Waals surface area contributed by atoms with E-state index in [-0.39, 0.29) is 23.6 Å². The van der Waals surface area contributed by atoms with Crippen LogP contribution in [-0.4, -0.2) is 17.9 Å². The van der Waals surface area contributed by atoms with E-state index >= 15 is 0 Å². The lowest BCUT2D eigenvalue weighted by atomic mass is 9.69. The summed E-state index contributed by atoms with van der Waals surface area (Å²) < 4.78 is 5.14. The molecule has 28 heavy (non-hydrogen) atoms. The summed E-state index contributed by atoms with van der Waals surface area (Å²) in [5, 5.41) is 6.06. The van der Waals surface area contributed by atoms with Gasteiger partial charge in [0.2, 0.25) is 0 Å². The number of carbonyl (C=O) groups is 2. The number of benzene rings is 1. The molecule has 4 rings (SSSR count). The van der Waals surface area contributed by atoms with Crippen molar-refractivity contribution in [2.24, 2.45) is 11.8 Å². The van der Waals surface area contributed by atoms with Crippen molar-refractivity contribution in [1.82, 2.24) is 5.32 Å². The molecule has 2 saturated carbocycles. The number of hydrogen-bond acceptors (Lipinski definition) is 3. The maximum Gasteiger partial charge on any atom is 0.291 e. The number of carbonyl (C=O) groups excluding carboxylic acids is 2. The molecule has 2 aromatic rings. The van der Waals surface area contributed by atoms with E-state index in [0.29, 0.717) is 11.3 Å². The fraction of sp³-hybridized carbons (Fsp3) is 0.478. The molecule has 3 atom stereocenters. The van der Waals surface area contributed by atoms with Crippen LogP contribution in [0, 0.1) is 18.8 Å². The molecule has 5 heteroatoms. The van der Waals surface area contributed by atoms with Crippen molar-refractivity contribution in [1.29, 1.82) is 0 Å². The van der Waals surface area contributed by atoms with E-state index < -0.39 is 0 Å². The maximum absolute atomic E-state index is 12.8. The predicted octanol–water partition coefficient (Wildman–Crippen LogP) is 4.93. The van der Waals surface area contributed by atoms with Crippen LogP contribution in [0.15, 0.2) is 41.0 Å². The molecule has 148 valence electrons. The molecule has 0 radical (unpaired) electrons. The number of fused-ring (bicyclic) bond motifs is 1. The van der Waals surface area contributed by atoms with E-state index in [9.17, 15) is 9.59 Å². The third kappa shape index (κ3) is 4.13. The summed E-state index contributed by atoms with van der Waals surface area (Å²) in [7, 11) is 0. The third-order valence-corrected chi connectivity index (χ3v) is 6.37. The Hall–Kier alpha value is -2.56. The standard InChI is InChI=1S/C23H28N2O3/c1-15-8-9-18(14-20(15)25-23(27)21-7-4-12-28-21)22(26)24-19-11-10-16-5-2-3-6-17(16)13-19/h4,7-9,12,14,16-17,19H,2-3,5-6,10-11,13H2,1H3,(H,24,26)(H,25,27)/t16-,17+,19-/m1/s1. The van der Waals surface area contributed by atoms with Gasteiger partial charge in [0.05, 0.1) is 6.26 Å². The zero-order valence-electron chi connectivity index (χ0n) is 16.4. The van der Waals surface area contributed by atoms with Crippen molar-refractivity contribution >= 4 is 17.5 Å². The molecule has 2 amide bonds. The number of anilines is 1. The number of furan rings is 1. The molecule has 2 aliphatic carbocycles. The van der Waals surface area contributed by atoms with E-state index in [0.717, 1.165) is 30.2 Å². The van der Waals surface area contributed by atoms with Crippen LogP contribution in [-0.2, 0) is 0 Å². The molecule has 0 saturated heterocycles. The van der Waals surface area contributed by atoms with Crippen molar-refractivity contribution in [2.45, 2.75) is 57.9 Å². The SMILES string of the molecule is Cc1ccc(C(=O)N[C@@H]2CC[C@H]3CCCC[C@H]3C2)cc1NC(=O)c1ccco1. The lowest BCUT2D eigenvalue weighted by Gasteiger charge is -2.39. The minimum absolute atomic E-state index is 0.0623. The minimum Gasteiger partial charge on any atom is -0.459 e. The van der Waals surface area contributed by atoms with E-state index in [1.807, 2.05) is 19.1 Å². The molecule has 2 aliphatic rings. The first kappa shape index (κ1) is 18.8. The van der Waals surface area contributed by atoms with Crippen LogP contribution in [0.25, 0.3) is 0 Å². The summed E-state index contributed by atoms with van der Waals surface area (Å²) >= 11 is 0. The van der Waals surface area contributed by atoms with Gasteiger partial charge in [-0.25, -0.2) is 0 Å². The Kier molecular flexibility index (Phi) is 5.51. The Morgan fingerprint density at radius 3 is 2.61 bits per heavy atom. The Bertz CT molecular complexity index is 844. The van der Waals surface area contributed by atoms with Gasteiger partial charge in [-0.1, -0.05) is 31.7 Å². The molecule has 1 aromatic heterocycles. The highest BCUT2D eigenvalue weighted by Gasteiger charge is 2.32. The van der Waals surface area contributed by atoms with Crippen LogP contribution in [0.2, 0.25) is 0 Å². The van der Waals surface area contributed by atoms with Gasteiger partial charge in [-0.3, -0.25) is 9.59 Å². The smallest absolute Gasteiger partial charge is 0.291 e. The highest BCUT2D eigenvalue weighted by atomic mass is 16.3. The summed E-state index contributed by atoms with van der Waals surface area (Å²) in [5.41, 5.74) is 2.11. The summed E-state index contributed by atoms with van der Waals surface area (Å²) in [6, 6.07) is 8.98. The van der Waals surface area contributed by atoms with Gasteiger partial charge >= 0.3 is 0 Å². The van der Waals surface area contributed by atoms with E-state index in [1.165, 1.54) is 38.4 Å². The number of nitrogens with one attached hydrogen (secondary N) is 2. The summed E-state index contributed by atoms with van der Waals surface area (Å²) in [6.45, 7) is 1.91. The molecule has 0 spiro atoms. The molecular weight excluding hydrogens is 352 g/mol. The molecular formula is C23H28N2O3. The topological polar surface area (TPSA) is 71.3 Å². The lowest BCUT2D eigenvalue weighted by Crippen LogP contribution is -2.41. The second-order valence-electron chi connectivity index (χ2n) is 8.25. The van der Waals surface area contributed by atoms with Crippen molar-refractivity contribution in [3.05, 3.63) is 53.5 Å². The summed E-state index contributed by atoms with van der Waals surface area (Å²) in [4.78, 5) is 25.1. The third-order valence-electron chi connectivity index (χ3n) is 6.37. The van der Waals surface area contributed by atoms with Crippen LogP contribution >= 0.6 is 0 Å². The molecule has 5 nitrogen and oxygen atoms in total. The average molecular weight is 380 g/mol. The second kappa shape index (κ2) is 8.21. The van der Waals surface area contributed by atoms with Gasteiger partial charge < -0.3 is 15.1 Å². The van der Waals surface area contributed by atoms with Crippen LogP contribution < -0.4 is 10.6 Å². The fourth-order valence-corrected chi connectivity index (χ4v) is 4.76. The maximum atomic E-state index is 12.8. The Labute approximate surface area is 165 Å². The number of amides is 2. The number of rotatable bonds is 4. The van der Waals surface area contributed by atoms with E-state index in [1.54, 1.807) is 18.2 Å². The second-order valence-corrected chi connectivity index (χ2v) is 8.25. The molecule has 1 heterocycles. The number of aryl methyl sites for hydroxylation is 1. The molecule has 0 unspecified atom stereocenters. The van der Waals surface area contributed by atoms with Gasteiger partial charge in [-0.2, -0.15) is 0 Å². The molecule has 1 aromatic carbocycles. The zero-order valence-corrected chi connectivity index (χ0v) is 16.4. The lowest BCUT2D eigenvalue weighted by molar-refractivity contribution is 0.0878. The summed E-state index contributed by atoms with van der Waals surface area (Å²) in [6.07, 6.45) is 10.2. The number of hydrogen-bond donors (Lipinski definition) is 2. The average Bonchev–Trinajstić information content (AvgIpc) is 3.24. The van der Waals surface area contributed by atoms with Gasteiger partial charge in [0.15, 0.2) is 5.76 Å². The Morgan fingerprint density at radius 1 is 1.00 bits per heavy atom. The quantitative estimate of drug-likeness (QED) is 0.790. The van der Waals surface area contributed by atoms with Gasteiger partial charge in [0.25, 0.3) is 11.8 Å². The van der Waals surface area contributed by atoms with Crippen LogP contribution in [0.4, 0.5) is 5.69 Å². The van der Waals surface area contributed by atoms with Gasteiger partial charge in [-0.15, -0.1) is 0 Å². The molecule has 0 aliphatic heterocycles. The van der Waals surface area contributed by atoms with Crippen molar-refractivity contribution in [3.8, 4) is 0 Å². The molecule has 0 bridgehead atoms. The van der Waals surface area contributed by atoms with Crippen molar-refractivity contribution in [3.63, 3.8) is 0 Å². The first-order valence-corrected chi connectivity index (χ1v) is 10.4. The van der Waals surface area contributed by atoms with Crippen LogP contribution in [0.3, 0.4) is 0 Å². The fourth-order valence-electron chi connectivity index (χ4n) is 4.76. The normalized spacial score (nSPS) is 24.2. The van der Waals surface area contributed by atoms with E-state index in [2.05, 4.69) is 10.6 Å². The highest BCUT2D eigenvalue weighted by Crippen LogP contribution is 2.40. The first-order valence-electron chi connectivity index (χ1n) is 10.4. The van der Waals surface area contributed by atoms with Gasteiger partial charge in [-0.05, 0) is 67.9 Å². The monoisotopic (exact) mass is 380 g/mol. The summed E-state index contributed by atoms with van der Waals surface area (Å²) in [5.74, 6) is 1.51. The first-order chi connectivity index (χ1) is 13.6. The highest BCUT2D eigenvalue weighted by molar-refractivity contribution is 6.03. The van der Waals surface area contributed by atoms with E-state index in [4.69, 9.17) is 4.42 Å². The molecule has 2 N–H and O–H groups in total. The largest absolute Gasteiger partial charge is 0.459 e. The Balaban J connectivity index is 1.41. The van der Waals surface area contributed by atoms with Crippen molar-refractivity contribution in [2.75, 3.05) is 5.32 Å². The van der Waals surface area contributed by atoms with Crippen molar-refractivity contribution < 1.29 is 14.0 Å². The predicted molar refractivity (Wildman–Crippen MR) is 108 cm³/mol. The van der Waals surface area contributed by atoms with Crippen LogP contribution in [0.5, 0.6) is 0 Å². The molecule has 2 fully saturated rings. The van der Waals surface area contributed by atoms with Crippen LogP contribution in [0.1, 0.15) is 71.4 Å². The zero-order chi connectivity index (χ0) is 19.5. The minimum atomic E-state index is -0.318. The van der Waals surface area contributed by atoms with Gasteiger partial charge in [0, 0.05) is 17.3 Å².